The Bertz CT molecular complexity index is 2840. The molecule has 5 aromatic rings. The van der Waals surface area contributed by atoms with Crippen molar-refractivity contribution < 1.29 is 42.8 Å². The molecule has 75 heavy (non-hydrogen) atoms. The van der Waals surface area contributed by atoms with Gasteiger partial charge in [0.05, 0.1) is 46.7 Å². The van der Waals surface area contributed by atoms with Crippen molar-refractivity contribution in [3.63, 3.8) is 0 Å². The molecule has 0 aliphatic carbocycles. The molecule has 398 valence electrons. The van der Waals surface area contributed by atoms with Gasteiger partial charge in [-0.25, -0.2) is 0 Å². The molecule has 4 aliphatic heterocycles. The minimum Gasteiger partial charge on any atom is -0.493 e. The molecule has 0 fully saturated rings. The molecule has 0 saturated heterocycles. The standard InChI is InChI=1S/C60H72N4O9S2/c1-40-27-51-43(16-18-47-31-45-11-6-8-14-53(45)63(47)58(51)66)33-55(40)72-37-41-28-42(38-73-57-34-44-17-19-48-32-46-12-7-9-15-54(46)64(48)59(67)52(44)35-56(57)69-5)30-49(29-41)62(20-21-70-24-25-71-23-22-68-4)39-60(2,3)75-74-26-10-13-50(65)36-61/h6-9,11-12,14-15,27-30,33-35,47-48H,10,13,16-26,31-32,36-39,61H2,1-5H3/t47-,48-/m1/s1. The third-order valence-electron chi connectivity index (χ3n) is 14.6. The molecule has 9 rings (SSSR count). The van der Waals surface area contributed by atoms with E-state index in [0.29, 0.717) is 69.6 Å². The van der Waals surface area contributed by atoms with E-state index in [1.807, 2.05) is 70.0 Å². The lowest BCUT2D eigenvalue weighted by Crippen LogP contribution is -2.38. The predicted octanol–water partition coefficient (Wildman–Crippen LogP) is 10.2. The summed E-state index contributed by atoms with van der Waals surface area (Å²) < 4.78 is 36.2. The molecular weight excluding hydrogens is 985 g/mol. The molecule has 2 N–H and O–H groups in total. The Kier molecular flexibility index (Phi) is 18.1. The van der Waals surface area contributed by atoms with Crippen molar-refractivity contribution in [2.75, 3.05) is 87.3 Å². The van der Waals surface area contributed by atoms with Crippen LogP contribution in [0.4, 0.5) is 17.1 Å². The Morgan fingerprint density at radius 1 is 0.707 bits per heavy atom. The average molecular weight is 1060 g/mol. The van der Waals surface area contributed by atoms with E-state index < -0.39 is 0 Å². The maximum absolute atomic E-state index is 14.3. The van der Waals surface area contributed by atoms with Crippen molar-refractivity contribution in [3.8, 4) is 17.2 Å². The highest BCUT2D eigenvalue weighted by Crippen LogP contribution is 2.43. The third-order valence-corrected chi connectivity index (χ3v) is 18.0. The molecule has 5 aromatic carbocycles. The molecule has 0 bridgehead atoms. The zero-order valence-corrected chi connectivity index (χ0v) is 45.8. The molecule has 0 spiro atoms. The Balaban J connectivity index is 0.986. The van der Waals surface area contributed by atoms with Gasteiger partial charge in [-0.1, -0.05) is 58.0 Å². The third kappa shape index (κ3) is 13.0. The SMILES string of the molecule is COCCOCCOCCN(CC(C)(C)SSCCCC(=O)CN)c1cc(COc2cc3c(cc2C)C(=O)N2c4ccccc4C[C@H]2CC3)cc(COc2cc3c(cc2OC)C(=O)N2c4ccccc4C[C@H]2CC3)c1. The van der Waals surface area contributed by atoms with Crippen LogP contribution in [0.15, 0.2) is 91.0 Å². The Morgan fingerprint density at radius 2 is 1.28 bits per heavy atom. The van der Waals surface area contributed by atoms with Crippen molar-refractivity contribution in [2.45, 2.75) is 102 Å². The van der Waals surface area contributed by atoms with E-state index in [-0.39, 0.29) is 54.2 Å². The summed E-state index contributed by atoms with van der Waals surface area (Å²) in [5.74, 6) is 2.80. The van der Waals surface area contributed by atoms with E-state index >= 15 is 0 Å². The largest absolute Gasteiger partial charge is 0.493 e. The van der Waals surface area contributed by atoms with Gasteiger partial charge in [-0.05, 0) is 159 Å². The van der Waals surface area contributed by atoms with Gasteiger partial charge in [0, 0.05) is 77.4 Å². The second kappa shape index (κ2) is 25.1. The summed E-state index contributed by atoms with van der Waals surface area (Å²) in [5, 5.41) is 0. The summed E-state index contributed by atoms with van der Waals surface area (Å²) in [6, 6.07) is 31.1. The second-order valence-corrected chi connectivity index (χ2v) is 23.7. The number of amides is 2. The number of hydrogen-bond donors (Lipinski definition) is 1. The number of ketones is 1. The van der Waals surface area contributed by atoms with Gasteiger partial charge in [0.1, 0.15) is 24.7 Å². The zero-order chi connectivity index (χ0) is 52.5. The number of methoxy groups -OCH3 is 2. The average Bonchev–Trinajstić information content (AvgIpc) is 3.92. The number of carbonyl (C=O) groups is 3. The van der Waals surface area contributed by atoms with Crippen LogP contribution in [0.1, 0.15) is 99.2 Å². The second-order valence-electron chi connectivity index (χ2n) is 20.6. The van der Waals surface area contributed by atoms with Gasteiger partial charge < -0.3 is 48.9 Å². The first-order valence-corrected chi connectivity index (χ1v) is 28.7. The molecule has 0 aromatic heterocycles. The van der Waals surface area contributed by atoms with Crippen molar-refractivity contribution in [1.29, 1.82) is 0 Å². The molecule has 0 saturated carbocycles. The smallest absolute Gasteiger partial charge is 0.258 e. The highest BCUT2D eigenvalue weighted by molar-refractivity contribution is 8.77. The molecule has 2 amide bonds. The highest BCUT2D eigenvalue weighted by atomic mass is 33.1. The molecule has 0 unspecified atom stereocenters. The van der Waals surface area contributed by atoms with Gasteiger partial charge in [-0.3, -0.25) is 14.4 Å². The van der Waals surface area contributed by atoms with E-state index in [1.54, 1.807) is 25.0 Å². The van der Waals surface area contributed by atoms with E-state index in [9.17, 15) is 14.4 Å². The van der Waals surface area contributed by atoms with Crippen LogP contribution in [0.3, 0.4) is 0 Å². The van der Waals surface area contributed by atoms with E-state index in [0.717, 1.165) is 107 Å². The van der Waals surface area contributed by atoms with Crippen LogP contribution >= 0.6 is 21.6 Å². The number of rotatable bonds is 26. The first-order valence-electron chi connectivity index (χ1n) is 26.4. The maximum Gasteiger partial charge on any atom is 0.258 e. The van der Waals surface area contributed by atoms with Crippen molar-refractivity contribution >= 4 is 56.2 Å². The van der Waals surface area contributed by atoms with Crippen LogP contribution in [0, 0.1) is 6.92 Å². The molecule has 0 radical (unpaired) electrons. The summed E-state index contributed by atoms with van der Waals surface area (Å²) in [6.07, 6.45) is 6.23. The van der Waals surface area contributed by atoms with Gasteiger partial charge in [0.25, 0.3) is 11.8 Å². The highest BCUT2D eigenvalue weighted by Gasteiger charge is 2.39. The monoisotopic (exact) mass is 1060 g/mol. The first kappa shape index (κ1) is 54.2. The van der Waals surface area contributed by atoms with Gasteiger partial charge in [0.2, 0.25) is 0 Å². The quantitative estimate of drug-likeness (QED) is 0.0415. The number of Topliss-reactive ketones (excluding diaryl/α,β-unsaturated/α-hetero) is 1. The minimum absolute atomic E-state index is 0.00838. The molecule has 2 atom stereocenters. The summed E-state index contributed by atoms with van der Waals surface area (Å²) in [4.78, 5) is 46.8. The fourth-order valence-electron chi connectivity index (χ4n) is 10.9. The lowest BCUT2D eigenvalue weighted by molar-refractivity contribution is -0.117. The lowest BCUT2D eigenvalue weighted by atomic mass is 9.98. The summed E-state index contributed by atoms with van der Waals surface area (Å²) in [6.45, 7) is 10.8. The minimum atomic E-state index is -0.202. The lowest BCUT2D eigenvalue weighted by Gasteiger charge is -2.34. The number of ether oxygens (including phenoxy) is 6. The van der Waals surface area contributed by atoms with E-state index in [4.69, 9.17) is 34.2 Å². The fourth-order valence-corrected chi connectivity index (χ4v) is 13.5. The van der Waals surface area contributed by atoms with Gasteiger partial charge in [-0.2, -0.15) is 0 Å². The topological polar surface area (TPSA) is 142 Å². The summed E-state index contributed by atoms with van der Waals surface area (Å²) in [7, 11) is 6.87. The van der Waals surface area contributed by atoms with Gasteiger partial charge >= 0.3 is 0 Å². The number of fused-ring (bicyclic) bond motifs is 8. The van der Waals surface area contributed by atoms with Crippen molar-refractivity contribution in [1.82, 2.24) is 0 Å². The molecule has 4 heterocycles. The van der Waals surface area contributed by atoms with E-state index in [1.165, 1.54) is 11.1 Å². The van der Waals surface area contributed by atoms with Crippen LogP contribution in [0.2, 0.25) is 0 Å². The number of carbonyl (C=O) groups excluding carboxylic acids is 3. The molecular formula is C60H72N4O9S2. The maximum atomic E-state index is 14.3. The van der Waals surface area contributed by atoms with Crippen LogP contribution in [-0.4, -0.2) is 107 Å². The van der Waals surface area contributed by atoms with Crippen LogP contribution < -0.4 is 34.6 Å². The number of aryl methyl sites for hydroxylation is 3. The molecule has 4 aliphatic rings. The van der Waals surface area contributed by atoms with Crippen LogP contribution in [0.5, 0.6) is 17.2 Å². The Hall–Kier alpha value is -5.55. The fraction of sp³-hybridized carbons (Fsp3) is 0.450. The van der Waals surface area contributed by atoms with Crippen LogP contribution in [0.25, 0.3) is 0 Å². The predicted molar refractivity (Wildman–Crippen MR) is 301 cm³/mol. The number of nitrogens with zero attached hydrogens (tertiary/aromatic N) is 3. The number of para-hydroxylation sites is 2. The molecule has 13 nitrogen and oxygen atoms in total. The first-order chi connectivity index (χ1) is 36.4. The normalized spacial score (nSPS) is 16.6. The molecule has 15 heteroatoms. The zero-order valence-electron chi connectivity index (χ0n) is 44.2. The van der Waals surface area contributed by atoms with Crippen molar-refractivity contribution in [3.05, 3.63) is 141 Å². The number of benzene rings is 5. The number of anilines is 3. The van der Waals surface area contributed by atoms with E-state index in [2.05, 4.69) is 67.3 Å². The number of nitrogens with two attached hydrogens (primary N) is 1. The van der Waals surface area contributed by atoms with Gasteiger partial charge in [0.15, 0.2) is 11.5 Å². The Labute approximate surface area is 450 Å². The number of hydrogen-bond acceptors (Lipinski definition) is 13. The summed E-state index contributed by atoms with van der Waals surface area (Å²) >= 11 is 0. The Morgan fingerprint density at radius 3 is 1.89 bits per heavy atom. The summed E-state index contributed by atoms with van der Waals surface area (Å²) in [5.41, 5.74) is 17.1. The van der Waals surface area contributed by atoms with Gasteiger partial charge in [-0.15, -0.1) is 0 Å². The van der Waals surface area contributed by atoms with Crippen LogP contribution in [-0.2, 0) is 57.9 Å². The van der Waals surface area contributed by atoms with Crippen molar-refractivity contribution in [2.24, 2.45) is 5.73 Å².